The average molecular weight is 660 g/mol. The van der Waals surface area contributed by atoms with Gasteiger partial charge in [0.2, 0.25) is 0 Å². The predicted molar refractivity (Wildman–Crippen MR) is 185 cm³/mol. The zero-order chi connectivity index (χ0) is 33.7. The van der Waals surface area contributed by atoms with Gasteiger partial charge < -0.3 is 29.5 Å². The fourth-order valence-corrected chi connectivity index (χ4v) is 8.62. The van der Waals surface area contributed by atoms with E-state index in [4.69, 9.17) is 37.0 Å². The number of halogens is 1. The number of rotatable bonds is 6. The van der Waals surface area contributed by atoms with Gasteiger partial charge >= 0.3 is 6.01 Å². The Labute approximate surface area is 284 Å². The van der Waals surface area contributed by atoms with E-state index >= 15 is 4.39 Å². The molecule has 4 aromatic rings. The van der Waals surface area contributed by atoms with Crippen molar-refractivity contribution in [1.82, 2.24) is 20.2 Å². The summed E-state index contributed by atoms with van der Waals surface area (Å²) in [6, 6.07) is 9.27. The molecular weight excluding hydrogens is 621 g/mol. The highest BCUT2D eigenvalue weighted by atomic mass is 19.1. The van der Waals surface area contributed by atoms with Gasteiger partial charge in [0.05, 0.1) is 42.7 Å². The maximum atomic E-state index is 17.3. The zero-order valence-corrected chi connectivity index (χ0v) is 27.7. The Morgan fingerprint density at radius 2 is 2.04 bits per heavy atom. The Bertz CT molecular complexity index is 2140. The number of terminal acetylenes is 2. The zero-order valence-electron chi connectivity index (χ0n) is 27.7. The molecule has 4 atom stereocenters. The van der Waals surface area contributed by atoms with Crippen LogP contribution in [0.1, 0.15) is 30.9 Å². The summed E-state index contributed by atoms with van der Waals surface area (Å²) in [5, 5.41) is 16.2. The Hall–Kier alpha value is -4.61. The third-order valence-electron chi connectivity index (χ3n) is 11.5. The van der Waals surface area contributed by atoms with Crippen LogP contribution in [0.3, 0.4) is 0 Å². The fourth-order valence-electron chi connectivity index (χ4n) is 8.62. The lowest BCUT2D eigenvalue weighted by Gasteiger charge is -2.36. The van der Waals surface area contributed by atoms with Gasteiger partial charge in [-0.3, -0.25) is 4.90 Å². The third-order valence-corrected chi connectivity index (χ3v) is 11.5. The second kappa shape index (κ2) is 10.9. The van der Waals surface area contributed by atoms with Crippen LogP contribution in [0, 0.1) is 48.8 Å². The van der Waals surface area contributed by atoms with Gasteiger partial charge in [-0.1, -0.05) is 24.0 Å². The topological polar surface area (TPSA) is 92.2 Å². The Balaban J connectivity index is 1.22. The number of hydrogen-bond acceptors (Lipinski definition) is 9. The first-order valence-electron chi connectivity index (χ1n) is 17.1. The van der Waals surface area contributed by atoms with Crippen molar-refractivity contribution < 1.29 is 23.7 Å². The number of hydrogen-bond donors (Lipinski definition) is 2. The first-order chi connectivity index (χ1) is 23.8. The maximum absolute atomic E-state index is 17.3. The fraction of sp³-hybridized carbons (Fsp3) is 0.436. The number of nitrogens with zero attached hydrogens (tertiary/aromatic N) is 4. The first-order valence-corrected chi connectivity index (χ1v) is 17.1. The molecule has 2 aliphatic carbocycles. The van der Waals surface area contributed by atoms with E-state index in [1.54, 1.807) is 12.1 Å². The van der Waals surface area contributed by atoms with E-state index in [0.717, 1.165) is 39.1 Å². The number of aryl methyl sites for hydroxylation is 1. The van der Waals surface area contributed by atoms with Gasteiger partial charge in [0.25, 0.3) is 0 Å². The Morgan fingerprint density at radius 3 is 2.82 bits per heavy atom. The Kier molecular flexibility index (Phi) is 6.80. The molecule has 0 amide bonds. The van der Waals surface area contributed by atoms with Crippen molar-refractivity contribution in [2.45, 2.75) is 44.3 Å². The number of aromatic hydroxyl groups is 1. The monoisotopic (exact) mass is 659 g/mol. The summed E-state index contributed by atoms with van der Waals surface area (Å²) >= 11 is 0. The molecule has 2 saturated heterocycles. The molecule has 3 aromatic carbocycles. The summed E-state index contributed by atoms with van der Waals surface area (Å²) in [5.74, 6) is 5.64. The molecule has 1 unspecified atom stereocenters. The molecule has 4 heterocycles. The summed E-state index contributed by atoms with van der Waals surface area (Å²) in [6.07, 6.45) is 14.1. The lowest BCUT2D eigenvalue weighted by Crippen LogP contribution is -2.54. The summed E-state index contributed by atoms with van der Waals surface area (Å²) < 4.78 is 36.0. The molecule has 0 bridgehead atoms. The van der Waals surface area contributed by atoms with Crippen molar-refractivity contribution in [1.29, 1.82) is 0 Å². The maximum Gasteiger partial charge on any atom is 0.318 e. The number of nitrogens with one attached hydrogen (secondary N) is 1. The average Bonchev–Trinajstić information content (AvgIpc) is 4.02. The van der Waals surface area contributed by atoms with Crippen LogP contribution in [0.5, 0.6) is 17.5 Å². The number of ether oxygens (including phenoxy) is 3. The molecule has 9 rings (SSSR count). The highest BCUT2D eigenvalue weighted by Crippen LogP contribution is 2.57. The van der Waals surface area contributed by atoms with Gasteiger partial charge in [0.1, 0.15) is 23.7 Å². The van der Waals surface area contributed by atoms with Gasteiger partial charge in [-0.05, 0) is 61.4 Å². The molecule has 5 aliphatic rings. The van der Waals surface area contributed by atoms with Gasteiger partial charge in [0.15, 0.2) is 11.6 Å². The smallest absolute Gasteiger partial charge is 0.318 e. The van der Waals surface area contributed by atoms with E-state index < -0.39 is 11.4 Å². The summed E-state index contributed by atoms with van der Waals surface area (Å²) in [4.78, 5) is 14.7. The summed E-state index contributed by atoms with van der Waals surface area (Å²) in [5.41, 5.74) is 1.86. The van der Waals surface area contributed by atoms with Gasteiger partial charge in [-0.25, -0.2) is 4.39 Å². The van der Waals surface area contributed by atoms with E-state index in [0.29, 0.717) is 69.9 Å². The van der Waals surface area contributed by atoms with Gasteiger partial charge in [0, 0.05) is 54.1 Å². The molecule has 0 radical (unpaired) electrons. The first kappa shape index (κ1) is 30.4. The molecule has 10 heteroatoms. The van der Waals surface area contributed by atoms with Crippen LogP contribution in [-0.4, -0.2) is 90.2 Å². The minimum atomic E-state index is -0.580. The molecule has 49 heavy (non-hydrogen) atoms. The number of piperazine rings is 1. The second-order valence-corrected chi connectivity index (χ2v) is 14.4. The van der Waals surface area contributed by atoms with Crippen molar-refractivity contribution in [3.8, 4) is 53.3 Å². The van der Waals surface area contributed by atoms with Crippen LogP contribution in [0.4, 0.5) is 10.2 Å². The number of phenolic OH excluding ortho intramolecular Hbond substituents is 1. The largest absolute Gasteiger partial charge is 0.508 e. The van der Waals surface area contributed by atoms with Crippen molar-refractivity contribution in [2.75, 3.05) is 57.5 Å². The van der Waals surface area contributed by atoms with Crippen LogP contribution in [-0.2, 0) is 4.74 Å². The van der Waals surface area contributed by atoms with E-state index in [2.05, 4.69) is 33.9 Å². The van der Waals surface area contributed by atoms with Crippen LogP contribution < -0.4 is 19.7 Å². The standard InChI is InChI=1S/C39H38FN5O4/c1-5-24-8-7-9-25-16-26(46)17-27(30(24)25)29-23(4)33-31-34(32(29)40)48-21-39-28(6-2)35(39)41-12-13-45(39)36(31)43-37(42-33)49-20-38(10-11-38)19-44-14-15-47-18-22(44)3/h1-2,7-9,16-17,22,28,35,41,46H,10-15,18-21H2,3-4H3/t22-,28?,35+,39+/m1/s1. The van der Waals surface area contributed by atoms with Gasteiger partial charge in [-0.2, -0.15) is 9.97 Å². The summed E-state index contributed by atoms with van der Waals surface area (Å²) in [6.45, 7) is 9.33. The molecule has 250 valence electrons. The molecule has 1 aromatic heterocycles. The van der Waals surface area contributed by atoms with Gasteiger partial charge in [-0.15, -0.1) is 12.8 Å². The van der Waals surface area contributed by atoms with E-state index in [-0.39, 0.29) is 47.1 Å². The van der Waals surface area contributed by atoms with Crippen LogP contribution >= 0.6 is 0 Å². The number of anilines is 1. The lowest BCUT2D eigenvalue weighted by atomic mass is 9.90. The third kappa shape index (κ3) is 4.51. The van der Waals surface area contributed by atoms with Crippen molar-refractivity contribution in [3.05, 3.63) is 47.3 Å². The van der Waals surface area contributed by atoms with Crippen molar-refractivity contribution in [3.63, 3.8) is 0 Å². The number of phenols is 1. The SMILES string of the molecule is C#Cc1cccc2cc(O)cc(-c3c(F)c4c5c(nc(OCC6(CN7CCOC[C@H]7C)CC6)nc5c3C)N3CCN[C@H]5C(C#C)[C@@]53CO4)c12. The molecule has 9 nitrogen and oxygen atoms in total. The molecule has 3 aliphatic heterocycles. The van der Waals surface area contributed by atoms with Crippen molar-refractivity contribution >= 4 is 27.5 Å². The van der Waals surface area contributed by atoms with Crippen LogP contribution in [0.15, 0.2) is 30.3 Å². The number of fused-ring (bicyclic) bond motifs is 2. The highest BCUT2D eigenvalue weighted by molar-refractivity contribution is 6.07. The van der Waals surface area contributed by atoms with E-state index in [1.165, 1.54) is 0 Å². The number of benzene rings is 3. The lowest BCUT2D eigenvalue weighted by molar-refractivity contribution is -0.0134. The van der Waals surface area contributed by atoms with E-state index in [1.807, 2.05) is 25.1 Å². The predicted octanol–water partition coefficient (Wildman–Crippen LogP) is 4.64. The number of aromatic nitrogens is 2. The minimum Gasteiger partial charge on any atom is -0.508 e. The normalized spacial score (nSPS) is 26.6. The summed E-state index contributed by atoms with van der Waals surface area (Å²) in [7, 11) is 0. The molecule has 1 spiro atoms. The highest BCUT2D eigenvalue weighted by Gasteiger charge is 2.71. The molecule has 2 N–H and O–H groups in total. The molecule has 4 fully saturated rings. The molecule has 2 saturated carbocycles. The van der Waals surface area contributed by atoms with E-state index in [9.17, 15) is 5.11 Å². The van der Waals surface area contributed by atoms with Crippen LogP contribution in [0.2, 0.25) is 0 Å². The second-order valence-electron chi connectivity index (χ2n) is 14.4. The minimum absolute atomic E-state index is 0.00107. The Morgan fingerprint density at radius 1 is 1.18 bits per heavy atom. The quantitative estimate of drug-likeness (QED) is 0.288. The van der Waals surface area contributed by atoms with Crippen LogP contribution in [0.25, 0.3) is 32.8 Å². The van der Waals surface area contributed by atoms with Crippen molar-refractivity contribution in [2.24, 2.45) is 11.3 Å². The molecular formula is C39H38FN5O4. The number of morpholine rings is 1.